The van der Waals surface area contributed by atoms with Crippen LogP contribution in [0.15, 0.2) is 36.4 Å². The quantitative estimate of drug-likeness (QED) is 0.688. The Bertz CT molecular complexity index is 915. The van der Waals surface area contributed by atoms with E-state index in [-0.39, 0.29) is 23.7 Å². The average molecular weight is 468 g/mol. The number of aliphatic hydroxyl groups is 1. The van der Waals surface area contributed by atoms with Crippen LogP contribution in [-0.2, 0) is 16.1 Å². The molecule has 3 atom stereocenters. The summed E-state index contributed by atoms with van der Waals surface area (Å²) in [6.45, 7) is 5.02. The van der Waals surface area contributed by atoms with E-state index in [1.54, 1.807) is 4.90 Å². The number of hydrogen-bond acceptors (Lipinski definition) is 5. The van der Waals surface area contributed by atoms with E-state index in [0.29, 0.717) is 58.1 Å². The van der Waals surface area contributed by atoms with E-state index in [9.17, 15) is 14.7 Å². The number of benzene rings is 1. The van der Waals surface area contributed by atoms with Gasteiger partial charge in [-0.15, -0.1) is 0 Å². The molecule has 3 heterocycles. The maximum absolute atomic E-state index is 13.4. The van der Waals surface area contributed by atoms with E-state index in [2.05, 4.69) is 17.0 Å². The number of carbonyl (C=O) groups excluding carboxylic acids is 2. The highest BCUT2D eigenvalue weighted by Crippen LogP contribution is 2.32. The van der Waals surface area contributed by atoms with Crippen molar-refractivity contribution in [2.24, 2.45) is 17.8 Å². The summed E-state index contributed by atoms with van der Waals surface area (Å²) in [6.07, 6.45) is 8.27. The molecule has 1 aliphatic carbocycles. The number of amides is 2. The number of rotatable bonds is 4. The van der Waals surface area contributed by atoms with Crippen molar-refractivity contribution in [3.63, 3.8) is 0 Å². The smallest absolute Gasteiger partial charge is 0.236 e. The van der Waals surface area contributed by atoms with Crippen LogP contribution >= 0.6 is 0 Å². The number of carbonyl (C=O) groups is 2. The molecule has 1 aromatic carbocycles. The van der Waals surface area contributed by atoms with Gasteiger partial charge in [0.15, 0.2) is 0 Å². The highest BCUT2D eigenvalue weighted by Gasteiger charge is 2.35. The van der Waals surface area contributed by atoms with Crippen molar-refractivity contribution >= 4 is 11.8 Å². The minimum Gasteiger partial charge on any atom is -0.489 e. The maximum atomic E-state index is 13.4. The average Bonchev–Trinajstić information content (AvgIpc) is 3.53. The van der Waals surface area contributed by atoms with Gasteiger partial charge < -0.3 is 19.6 Å². The number of piperidine rings is 1. The monoisotopic (exact) mass is 467 g/mol. The fourth-order valence-electron chi connectivity index (χ4n) is 5.58. The standard InChI is InChI=1S/C27H37N3O4/c31-24-10-12-30(18-24)26(32)14-21-9-11-29-17-22(21)5-3-13-34-25-6-2-1-4-23(25)16-28(19-27(29)33)15-20-7-8-20/h1-6,20-22,24,31H,7-19H2/t21-,22-,24+/m0/s1. The van der Waals surface area contributed by atoms with Gasteiger partial charge in [-0.05, 0) is 49.5 Å². The van der Waals surface area contributed by atoms with Gasteiger partial charge in [0.2, 0.25) is 11.8 Å². The number of ether oxygens (including phenoxy) is 1. The highest BCUT2D eigenvalue weighted by molar-refractivity contribution is 5.79. The molecule has 1 aromatic rings. The molecule has 3 fully saturated rings. The summed E-state index contributed by atoms with van der Waals surface area (Å²) in [6, 6.07) is 8.13. The summed E-state index contributed by atoms with van der Waals surface area (Å²) in [5.74, 6) is 2.22. The molecular formula is C27H37N3O4. The Labute approximate surface area is 202 Å². The van der Waals surface area contributed by atoms with Crippen LogP contribution in [0.5, 0.6) is 5.75 Å². The summed E-state index contributed by atoms with van der Waals surface area (Å²) in [4.78, 5) is 32.3. The Morgan fingerprint density at radius 3 is 2.71 bits per heavy atom. The highest BCUT2D eigenvalue weighted by atomic mass is 16.5. The first-order chi connectivity index (χ1) is 16.5. The SMILES string of the molecule is O=C(C[C@@H]1CCN2C[C@@H]1C=CCOc1ccccc1CN(CC1CC1)CC2=O)N1CC[C@@H](O)C1. The molecular weight excluding hydrogens is 430 g/mol. The molecule has 4 aliphatic rings. The number of β-amino-alcohol motifs (C(OH)–C–C–N with tert-alkyl or cyclic N) is 1. The van der Waals surface area contributed by atoms with E-state index in [1.165, 1.54) is 12.8 Å². The third-order valence-electron chi connectivity index (χ3n) is 7.77. The molecule has 0 radical (unpaired) electrons. The van der Waals surface area contributed by atoms with Crippen LogP contribution in [0.3, 0.4) is 0 Å². The Hall–Kier alpha value is -2.38. The molecule has 1 saturated carbocycles. The lowest BCUT2D eigenvalue weighted by Gasteiger charge is -2.38. The molecule has 3 aliphatic heterocycles. The topological polar surface area (TPSA) is 73.3 Å². The zero-order valence-corrected chi connectivity index (χ0v) is 20.0. The van der Waals surface area contributed by atoms with Gasteiger partial charge in [-0.1, -0.05) is 30.4 Å². The summed E-state index contributed by atoms with van der Waals surface area (Å²) in [7, 11) is 0. The van der Waals surface area contributed by atoms with Crippen molar-refractivity contribution in [1.82, 2.24) is 14.7 Å². The van der Waals surface area contributed by atoms with E-state index >= 15 is 0 Å². The van der Waals surface area contributed by atoms with Crippen molar-refractivity contribution in [1.29, 1.82) is 0 Å². The predicted octanol–water partition coefficient (Wildman–Crippen LogP) is 2.30. The number of para-hydroxylation sites is 1. The summed E-state index contributed by atoms with van der Waals surface area (Å²) >= 11 is 0. The van der Waals surface area contributed by atoms with E-state index in [1.807, 2.05) is 29.2 Å². The molecule has 0 aromatic heterocycles. The maximum Gasteiger partial charge on any atom is 0.236 e. The molecule has 2 amide bonds. The number of hydrogen-bond donors (Lipinski definition) is 1. The second-order valence-corrected chi connectivity index (χ2v) is 10.5. The normalized spacial score (nSPS) is 28.5. The minimum absolute atomic E-state index is 0.124. The minimum atomic E-state index is -0.396. The summed E-state index contributed by atoms with van der Waals surface area (Å²) < 4.78 is 6.13. The van der Waals surface area contributed by atoms with Gasteiger partial charge in [-0.25, -0.2) is 0 Å². The van der Waals surface area contributed by atoms with Gasteiger partial charge >= 0.3 is 0 Å². The molecule has 5 rings (SSSR count). The largest absolute Gasteiger partial charge is 0.489 e. The van der Waals surface area contributed by atoms with Gasteiger partial charge in [0.25, 0.3) is 0 Å². The third-order valence-corrected chi connectivity index (χ3v) is 7.77. The lowest BCUT2D eigenvalue weighted by molar-refractivity contribution is -0.136. The Morgan fingerprint density at radius 1 is 1.06 bits per heavy atom. The van der Waals surface area contributed by atoms with E-state index in [0.717, 1.165) is 30.8 Å². The van der Waals surface area contributed by atoms with Crippen LogP contribution in [0.2, 0.25) is 0 Å². The lowest BCUT2D eigenvalue weighted by atomic mass is 9.82. The van der Waals surface area contributed by atoms with Crippen LogP contribution in [0.1, 0.15) is 37.7 Å². The Morgan fingerprint density at radius 2 is 1.91 bits per heavy atom. The predicted molar refractivity (Wildman–Crippen MR) is 129 cm³/mol. The van der Waals surface area contributed by atoms with Crippen molar-refractivity contribution < 1.29 is 19.4 Å². The zero-order chi connectivity index (χ0) is 23.5. The molecule has 1 N–H and O–H groups in total. The lowest BCUT2D eigenvalue weighted by Crippen LogP contribution is -2.48. The van der Waals surface area contributed by atoms with E-state index < -0.39 is 6.10 Å². The van der Waals surface area contributed by atoms with Crippen LogP contribution in [0, 0.1) is 17.8 Å². The molecule has 2 bridgehead atoms. The first kappa shape index (κ1) is 23.4. The number of likely N-dealkylation sites (tertiary alicyclic amines) is 1. The van der Waals surface area contributed by atoms with Crippen LogP contribution in [0.25, 0.3) is 0 Å². The zero-order valence-electron chi connectivity index (χ0n) is 20.0. The molecule has 184 valence electrons. The fraction of sp³-hybridized carbons (Fsp3) is 0.630. The van der Waals surface area contributed by atoms with Gasteiger partial charge in [0.1, 0.15) is 12.4 Å². The number of nitrogens with zero attached hydrogens (tertiary/aromatic N) is 3. The first-order valence-electron chi connectivity index (χ1n) is 12.9. The summed E-state index contributed by atoms with van der Waals surface area (Å²) in [5.41, 5.74) is 1.12. The van der Waals surface area contributed by atoms with Crippen molar-refractivity contribution in [3.8, 4) is 5.75 Å². The molecule has 7 heteroatoms. The number of aliphatic hydroxyl groups excluding tert-OH is 1. The van der Waals surface area contributed by atoms with Crippen molar-refractivity contribution in [2.45, 2.75) is 44.8 Å². The van der Waals surface area contributed by atoms with Crippen LogP contribution in [-0.4, -0.2) is 83.6 Å². The first-order valence-corrected chi connectivity index (χ1v) is 12.9. The van der Waals surface area contributed by atoms with Crippen LogP contribution < -0.4 is 4.74 Å². The molecule has 2 saturated heterocycles. The molecule has 7 nitrogen and oxygen atoms in total. The van der Waals surface area contributed by atoms with Crippen LogP contribution in [0.4, 0.5) is 0 Å². The number of fused-ring (bicyclic) bond motifs is 3. The Kier molecular flexibility index (Phi) is 7.21. The van der Waals surface area contributed by atoms with Crippen molar-refractivity contribution in [2.75, 3.05) is 45.9 Å². The second-order valence-electron chi connectivity index (χ2n) is 10.5. The van der Waals surface area contributed by atoms with Gasteiger partial charge in [0, 0.05) is 51.3 Å². The van der Waals surface area contributed by atoms with Gasteiger partial charge in [0.05, 0.1) is 12.6 Å². The van der Waals surface area contributed by atoms with Gasteiger partial charge in [-0.2, -0.15) is 0 Å². The van der Waals surface area contributed by atoms with Gasteiger partial charge in [-0.3, -0.25) is 14.5 Å². The third kappa shape index (κ3) is 5.81. The Balaban J connectivity index is 1.32. The van der Waals surface area contributed by atoms with E-state index in [4.69, 9.17) is 4.74 Å². The molecule has 0 unspecified atom stereocenters. The second kappa shape index (κ2) is 10.5. The summed E-state index contributed by atoms with van der Waals surface area (Å²) in [5, 5.41) is 9.81. The molecule has 34 heavy (non-hydrogen) atoms. The van der Waals surface area contributed by atoms with Crippen molar-refractivity contribution in [3.05, 3.63) is 42.0 Å². The fourth-order valence-corrected chi connectivity index (χ4v) is 5.58. The molecule has 0 spiro atoms.